The van der Waals surface area contributed by atoms with Crippen molar-refractivity contribution in [1.82, 2.24) is 9.97 Å². The van der Waals surface area contributed by atoms with Gasteiger partial charge in [-0.05, 0) is 37.6 Å². The monoisotopic (exact) mass is 273 g/mol. The Kier molecular flexibility index (Phi) is 5.17. The zero-order valence-corrected chi connectivity index (χ0v) is 11.8. The Morgan fingerprint density at radius 3 is 2.50 bits per heavy atom. The van der Waals surface area contributed by atoms with Crippen molar-refractivity contribution >= 4 is 5.82 Å². The van der Waals surface area contributed by atoms with E-state index >= 15 is 0 Å². The highest BCUT2D eigenvalue weighted by atomic mass is 16.5. The fourth-order valence-corrected chi connectivity index (χ4v) is 1.62. The van der Waals surface area contributed by atoms with E-state index in [9.17, 15) is 0 Å². The largest absolute Gasteiger partial charge is 0.494 e. The highest BCUT2D eigenvalue weighted by Crippen LogP contribution is 2.23. The summed E-state index contributed by atoms with van der Waals surface area (Å²) in [6.45, 7) is 5.62. The standard InChI is InChI=1S/C15H19N3O2/c1-3-9-19-12-5-7-13(8-6-12)20-15-10-14(16-4-2)17-11-18-15/h5-8,10-11H,3-4,9H2,1-2H3,(H,16,17,18). The van der Waals surface area contributed by atoms with Gasteiger partial charge in [-0.1, -0.05) is 6.92 Å². The van der Waals surface area contributed by atoms with Gasteiger partial charge in [-0.25, -0.2) is 9.97 Å². The van der Waals surface area contributed by atoms with E-state index in [1.165, 1.54) is 6.33 Å². The number of aromatic nitrogens is 2. The molecule has 0 atom stereocenters. The highest BCUT2D eigenvalue weighted by Gasteiger charge is 2.01. The van der Waals surface area contributed by atoms with Gasteiger partial charge in [0.05, 0.1) is 6.61 Å². The number of nitrogens with one attached hydrogen (secondary N) is 1. The quantitative estimate of drug-likeness (QED) is 0.836. The van der Waals surface area contributed by atoms with Crippen molar-refractivity contribution < 1.29 is 9.47 Å². The van der Waals surface area contributed by atoms with E-state index in [2.05, 4.69) is 22.2 Å². The molecule has 0 unspecified atom stereocenters. The Hall–Kier alpha value is -2.30. The lowest BCUT2D eigenvalue weighted by Crippen LogP contribution is -2.00. The number of ether oxygens (including phenoxy) is 2. The molecule has 0 aliphatic heterocycles. The third-order valence-corrected chi connectivity index (χ3v) is 2.52. The van der Waals surface area contributed by atoms with Gasteiger partial charge in [-0.3, -0.25) is 0 Å². The lowest BCUT2D eigenvalue weighted by atomic mass is 10.3. The van der Waals surface area contributed by atoms with Crippen molar-refractivity contribution in [2.45, 2.75) is 20.3 Å². The summed E-state index contributed by atoms with van der Waals surface area (Å²) in [6, 6.07) is 9.26. The number of benzene rings is 1. The number of anilines is 1. The predicted molar refractivity (Wildman–Crippen MR) is 78.5 cm³/mol. The van der Waals surface area contributed by atoms with Crippen LogP contribution in [0.4, 0.5) is 5.82 Å². The van der Waals surface area contributed by atoms with Gasteiger partial charge < -0.3 is 14.8 Å². The van der Waals surface area contributed by atoms with E-state index in [0.717, 1.165) is 36.9 Å². The van der Waals surface area contributed by atoms with Crippen LogP contribution in [0, 0.1) is 0 Å². The van der Waals surface area contributed by atoms with Crippen LogP contribution in [0.25, 0.3) is 0 Å². The second-order valence-corrected chi connectivity index (χ2v) is 4.19. The van der Waals surface area contributed by atoms with Gasteiger partial charge in [0.25, 0.3) is 0 Å². The lowest BCUT2D eigenvalue weighted by Gasteiger charge is -2.08. The van der Waals surface area contributed by atoms with Crippen LogP contribution in [-0.2, 0) is 0 Å². The number of rotatable bonds is 7. The zero-order valence-electron chi connectivity index (χ0n) is 11.8. The van der Waals surface area contributed by atoms with Crippen molar-refractivity contribution in [3.05, 3.63) is 36.7 Å². The smallest absolute Gasteiger partial charge is 0.224 e. The maximum Gasteiger partial charge on any atom is 0.224 e. The molecule has 0 aliphatic carbocycles. The Morgan fingerprint density at radius 1 is 1.05 bits per heavy atom. The molecule has 0 saturated heterocycles. The molecule has 5 heteroatoms. The van der Waals surface area contributed by atoms with Gasteiger partial charge in [0.1, 0.15) is 23.6 Å². The van der Waals surface area contributed by atoms with E-state index in [-0.39, 0.29) is 0 Å². The van der Waals surface area contributed by atoms with Gasteiger partial charge in [-0.2, -0.15) is 0 Å². The fraction of sp³-hybridized carbons (Fsp3) is 0.333. The third kappa shape index (κ3) is 4.12. The lowest BCUT2D eigenvalue weighted by molar-refractivity contribution is 0.317. The van der Waals surface area contributed by atoms with Crippen molar-refractivity contribution in [2.24, 2.45) is 0 Å². The van der Waals surface area contributed by atoms with Crippen LogP contribution in [0.5, 0.6) is 17.4 Å². The first-order valence-electron chi connectivity index (χ1n) is 6.78. The molecule has 0 fully saturated rings. The van der Waals surface area contributed by atoms with Crippen molar-refractivity contribution in [1.29, 1.82) is 0 Å². The Bertz CT molecular complexity index is 529. The summed E-state index contributed by atoms with van der Waals surface area (Å²) in [4.78, 5) is 8.18. The molecule has 0 bridgehead atoms. The molecule has 106 valence electrons. The van der Waals surface area contributed by atoms with E-state index < -0.39 is 0 Å². The maximum absolute atomic E-state index is 5.68. The van der Waals surface area contributed by atoms with Crippen molar-refractivity contribution in [3.8, 4) is 17.4 Å². The summed E-state index contributed by atoms with van der Waals surface area (Å²) >= 11 is 0. The Labute approximate surface area is 119 Å². The Morgan fingerprint density at radius 2 is 1.80 bits per heavy atom. The first-order valence-corrected chi connectivity index (χ1v) is 6.78. The summed E-state index contributed by atoms with van der Waals surface area (Å²) in [5.74, 6) is 2.82. The van der Waals surface area contributed by atoms with Gasteiger partial charge >= 0.3 is 0 Å². The number of nitrogens with zero attached hydrogens (tertiary/aromatic N) is 2. The molecular weight excluding hydrogens is 254 g/mol. The van der Waals surface area contributed by atoms with Gasteiger partial charge in [-0.15, -0.1) is 0 Å². The molecule has 0 spiro atoms. The van der Waals surface area contributed by atoms with Crippen LogP contribution in [0.3, 0.4) is 0 Å². The molecule has 1 N–H and O–H groups in total. The maximum atomic E-state index is 5.68. The second-order valence-electron chi connectivity index (χ2n) is 4.19. The van der Waals surface area contributed by atoms with Crippen LogP contribution in [0.1, 0.15) is 20.3 Å². The Balaban J connectivity index is 2.00. The van der Waals surface area contributed by atoms with E-state index in [0.29, 0.717) is 5.88 Å². The predicted octanol–water partition coefficient (Wildman–Crippen LogP) is 3.49. The average molecular weight is 273 g/mol. The molecule has 2 aromatic rings. The van der Waals surface area contributed by atoms with Crippen LogP contribution in [-0.4, -0.2) is 23.1 Å². The molecule has 1 heterocycles. The van der Waals surface area contributed by atoms with Crippen LogP contribution < -0.4 is 14.8 Å². The summed E-state index contributed by atoms with van der Waals surface area (Å²) < 4.78 is 11.2. The van der Waals surface area contributed by atoms with Crippen molar-refractivity contribution in [3.63, 3.8) is 0 Å². The summed E-state index contributed by atoms with van der Waals surface area (Å²) in [5, 5.41) is 3.11. The molecule has 1 aromatic carbocycles. The molecule has 0 radical (unpaired) electrons. The molecule has 0 saturated carbocycles. The van der Waals surface area contributed by atoms with Gasteiger partial charge in [0, 0.05) is 12.6 Å². The SMILES string of the molecule is CCCOc1ccc(Oc2cc(NCC)ncn2)cc1. The highest BCUT2D eigenvalue weighted by molar-refractivity contribution is 5.39. The van der Waals surface area contributed by atoms with Crippen LogP contribution in [0.2, 0.25) is 0 Å². The minimum Gasteiger partial charge on any atom is -0.494 e. The first kappa shape index (κ1) is 14.1. The number of hydrogen-bond donors (Lipinski definition) is 1. The number of hydrogen-bond acceptors (Lipinski definition) is 5. The molecule has 0 amide bonds. The topological polar surface area (TPSA) is 56.3 Å². The molecule has 0 aliphatic rings. The van der Waals surface area contributed by atoms with Crippen LogP contribution in [0.15, 0.2) is 36.7 Å². The zero-order chi connectivity index (χ0) is 14.2. The molecule has 5 nitrogen and oxygen atoms in total. The van der Waals surface area contributed by atoms with E-state index in [4.69, 9.17) is 9.47 Å². The van der Waals surface area contributed by atoms with Crippen LogP contribution >= 0.6 is 0 Å². The van der Waals surface area contributed by atoms with E-state index in [1.54, 1.807) is 6.07 Å². The summed E-state index contributed by atoms with van der Waals surface area (Å²) in [7, 11) is 0. The average Bonchev–Trinajstić information content (AvgIpc) is 2.47. The molecular formula is C15H19N3O2. The van der Waals surface area contributed by atoms with Crippen molar-refractivity contribution in [2.75, 3.05) is 18.5 Å². The summed E-state index contributed by atoms with van der Waals surface area (Å²) in [5.41, 5.74) is 0. The molecule has 2 rings (SSSR count). The minimum absolute atomic E-state index is 0.512. The second kappa shape index (κ2) is 7.33. The van der Waals surface area contributed by atoms with Gasteiger partial charge in [0.2, 0.25) is 5.88 Å². The minimum atomic E-state index is 0.512. The molecule has 1 aromatic heterocycles. The van der Waals surface area contributed by atoms with E-state index in [1.807, 2.05) is 31.2 Å². The fourth-order valence-electron chi connectivity index (χ4n) is 1.62. The summed E-state index contributed by atoms with van der Waals surface area (Å²) in [6.07, 6.45) is 2.47. The third-order valence-electron chi connectivity index (χ3n) is 2.52. The normalized spacial score (nSPS) is 10.1. The van der Waals surface area contributed by atoms with Gasteiger partial charge in [0.15, 0.2) is 0 Å². The first-order chi connectivity index (χ1) is 9.81. The molecule has 20 heavy (non-hydrogen) atoms.